The maximum Gasteiger partial charge on any atom is 0.153 e. The molecule has 0 amide bonds. The van der Waals surface area contributed by atoms with Crippen LogP contribution in [0.4, 0.5) is 0 Å². The monoisotopic (exact) mass is 277 g/mol. The predicted octanol–water partition coefficient (Wildman–Crippen LogP) is 3.62. The van der Waals surface area contributed by atoms with Crippen molar-refractivity contribution in [1.29, 1.82) is 5.41 Å². The summed E-state index contributed by atoms with van der Waals surface area (Å²) in [4.78, 5) is 4.54. The van der Waals surface area contributed by atoms with E-state index in [2.05, 4.69) is 4.98 Å². The molecule has 4 nitrogen and oxygen atoms in total. The van der Waals surface area contributed by atoms with Crippen molar-refractivity contribution >= 4 is 16.7 Å². The second-order valence-corrected chi connectivity index (χ2v) is 4.79. The van der Waals surface area contributed by atoms with Gasteiger partial charge >= 0.3 is 0 Å². The topological polar surface area (TPSA) is 72.0 Å². The number of nitrogens with two attached hydrogens (primary N) is 1. The molecule has 3 N–H and O–H groups in total. The van der Waals surface area contributed by atoms with Gasteiger partial charge in [-0.05, 0) is 31.2 Å². The zero-order valence-corrected chi connectivity index (χ0v) is 11.6. The number of hydrogen-bond acceptors (Lipinski definition) is 3. The number of nitrogen functional groups attached to an aromatic ring is 1. The van der Waals surface area contributed by atoms with Crippen molar-refractivity contribution in [3.8, 4) is 11.5 Å². The highest BCUT2D eigenvalue weighted by atomic mass is 16.5. The van der Waals surface area contributed by atoms with Crippen molar-refractivity contribution in [2.45, 2.75) is 6.92 Å². The molecule has 1 aromatic heterocycles. The Kier molecular flexibility index (Phi) is 3.28. The largest absolute Gasteiger partial charge is 0.454 e. The van der Waals surface area contributed by atoms with Crippen LogP contribution in [0.5, 0.6) is 11.5 Å². The molecule has 0 spiro atoms. The number of hydrogen-bond donors (Lipinski definition) is 2. The Balaban J connectivity index is 2.11. The minimum absolute atomic E-state index is 0.0185. The van der Waals surface area contributed by atoms with Gasteiger partial charge < -0.3 is 10.5 Å². The van der Waals surface area contributed by atoms with E-state index in [9.17, 15) is 0 Å². The van der Waals surface area contributed by atoms with Crippen molar-refractivity contribution in [2.24, 2.45) is 5.73 Å². The van der Waals surface area contributed by atoms with Crippen LogP contribution in [-0.2, 0) is 0 Å². The summed E-state index contributed by atoms with van der Waals surface area (Å²) < 4.78 is 5.96. The molecule has 0 aliphatic carbocycles. The Morgan fingerprint density at radius 3 is 2.57 bits per heavy atom. The molecule has 0 fully saturated rings. The van der Waals surface area contributed by atoms with E-state index in [1.54, 1.807) is 12.1 Å². The van der Waals surface area contributed by atoms with E-state index >= 15 is 0 Å². The first-order chi connectivity index (χ1) is 10.1. The summed E-state index contributed by atoms with van der Waals surface area (Å²) in [7, 11) is 0. The zero-order chi connectivity index (χ0) is 14.8. The molecular weight excluding hydrogens is 262 g/mol. The lowest BCUT2D eigenvalue weighted by atomic mass is 10.1. The number of pyridine rings is 1. The lowest BCUT2D eigenvalue weighted by molar-refractivity contribution is 0.486. The van der Waals surface area contributed by atoms with Crippen molar-refractivity contribution in [1.82, 2.24) is 4.98 Å². The van der Waals surface area contributed by atoms with Crippen LogP contribution in [0, 0.1) is 12.3 Å². The van der Waals surface area contributed by atoms with Gasteiger partial charge in [-0.15, -0.1) is 0 Å². The molecule has 0 aliphatic rings. The van der Waals surface area contributed by atoms with Crippen molar-refractivity contribution in [3.63, 3.8) is 0 Å². The smallest absolute Gasteiger partial charge is 0.153 e. The molecule has 1 heterocycles. The number of para-hydroxylation sites is 2. The summed E-state index contributed by atoms with van der Waals surface area (Å²) in [6.45, 7) is 1.94. The third-order valence-corrected chi connectivity index (χ3v) is 3.22. The third kappa shape index (κ3) is 2.56. The molecule has 4 heteroatoms. The minimum Gasteiger partial charge on any atom is -0.454 e. The van der Waals surface area contributed by atoms with E-state index in [1.807, 2.05) is 49.4 Å². The van der Waals surface area contributed by atoms with Gasteiger partial charge in [0, 0.05) is 11.1 Å². The Morgan fingerprint density at radius 1 is 1.00 bits per heavy atom. The number of rotatable bonds is 3. The van der Waals surface area contributed by atoms with Gasteiger partial charge in [0.15, 0.2) is 5.75 Å². The second-order valence-electron chi connectivity index (χ2n) is 4.79. The number of amidine groups is 1. The molecule has 0 radical (unpaired) electrons. The summed E-state index contributed by atoms with van der Waals surface area (Å²) in [6.07, 6.45) is 0. The van der Waals surface area contributed by atoms with Gasteiger partial charge in [-0.3, -0.25) is 5.41 Å². The van der Waals surface area contributed by atoms with Crippen LogP contribution in [0.1, 0.15) is 11.3 Å². The average Bonchev–Trinajstić information content (AvgIpc) is 2.48. The minimum atomic E-state index is -0.0185. The number of nitrogens with zero attached hydrogens (tertiary/aromatic N) is 1. The fourth-order valence-electron chi connectivity index (χ4n) is 2.20. The van der Waals surface area contributed by atoms with Crippen LogP contribution in [0.25, 0.3) is 10.9 Å². The highest BCUT2D eigenvalue weighted by Crippen LogP contribution is 2.30. The first-order valence-electron chi connectivity index (χ1n) is 6.63. The average molecular weight is 277 g/mol. The standard InChI is InChI=1S/C17H15N3O/c1-11-9-10-12-5-4-8-15(16(12)20-11)21-14-7-3-2-6-13(14)17(18)19/h2-10H,1H3,(H3,18,19). The molecule has 0 atom stereocenters. The van der Waals surface area contributed by atoms with E-state index < -0.39 is 0 Å². The Morgan fingerprint density at radius 2 is 1.76 bits per heavy atom. The zero-order valence-electron chi connectivity index (χ0n) is 11.6. The number of aryl methyl sites for hydroxylation is 1. The molecule has 0 saturated carbocycles. The summed E-state index contributed by atoms with van der Waals surface area (Å²) in [6, 6.07) is 17.0. The quantitative estimate of drug-likeness (QED) is 0.567. The number of benzene rings is 2. The van der Waals surface area contributed by atoms with E-state index in [0.717, 1.165) is 16.6 Å². The first-order valence-corrected chi connectivity index (χ1v) is 6.63. The molecule has 3 rings (SSSR count). The SMILES string of the molecule is Cc1ccc2cccc(Oc3ccccc3C(=N)N)c2n1. The van der Waals surface area contributed by atoms with Gasteiger partial charge in [0.05, 0.1) is 5.56 Å². The predicted molar refractivity (Wildman–Crippen MR) is 84.0 cm³/mol. The Hall–Kier alpha value is -2.88. The maximum absolute atomic E-state index is 7.62. The van der Waals surface area contributed by atoms with E-state index in [1.165, 1.54) is 0 Å². The molecule has 3 aromatic rings. The highest BCUT2D eigenvalue weighted by Gasteiger charge is 2.10. The van der Waals surface area contributed by atoms with Crippen LogP contribution in [0.2, 0.25) is 0 Å². The number of fused-ring (bicyclic) bond motifs is 1. The van der Waals surface area contributed by atoms with Crippen LogP contribution in [0.15, 0.2) is 54.6 Å². The van der Waals surface area contributed by atoms with Gasteiger partial charge in [-0.25, -0.2) is 4.98 Å². The molecular formula is C17H15N3O. The summed E-state index contributed by atoms with van der Waals surface area (Å²) in [5.41, 5.74) is 7.89. The Bertz CT molecular complexity index is 827. The van der Waals surface area contributed by atoms with Crippen LogP contribution in [-0.4, -0.2) is 10.8 Å². The van der Waals surface area contributed by atoms with Gasteiger partial charge in [0.2, 0.25) is 0 Å². The molecule has 21 heavy (non-hydrogen) atoms. The normalized spacial score (nSPS) is 10.5. The van der Waals surface area contributed by atoms with Crippen molar-refractivity contribution in [3.05, 3.63) is 65.9 Å². The van der Waals surface area contributed by atoms with Gasteiger partial charge in [-0.2, -0.15) is 0 Å². The molecule has 0 bridgehead atoms. The Labute approximate surface area is 122 Å². The van der Waals surface area contributed by atoms with Crippen molar-refractivity contribution < 1.29 is 4.74 Å². The van der Waals surface area contributed by atoms with Crippen LogP contribution in [0.3, 0.4) is 0 Å². The third-order valence-electron chi connectivity index (χ3n) is 3.22. The number of ether oxygens (including phenoxy) is 1. The highest BCUT2D eigenvalue weighted by molar-refractivity contribution is 5.97. The van der Waals surface area contributed by atoms with Gasteiger partial charge in [-0.1, -0.05) is 30.3 Å². The lowest BCUT2D eigenvalue weighted by Gasteiger charge is -2.12. The van der Waals surface area contributed by atoms with E-state index in [-0.39, 0.29) is 5.84 Å². The number of nitrogens with one attached hydrogen (secondary N) is 1. The van der Waals surface area contributed by atoms with Crippen LogP contribution < -0.4 is 10.5 Å². The molecule has 2 aromatic carbocycles. The summed E-state index contributed by atoms with van der Waals surface area (Å²) in [5.74, 6) is 1.20. The molecule has 0 aliphatic heterocycles. The van der Waals surface area contributed by atoms with E-state index in [4.69, 9.17) is 15.9 Å². The molecule has 0 unspecified atom stereocenters. The van der Waals surface area contributed by atoms with Crippen molar-refractivity contribution in [2.75, 3.05) is 0 Å². The maximum atomic E-state index is 7.62. The molecule has 0 saturated heterocycles. The fourth-order valence-corrected chi connectivity index (χ4v) is 2.20. The lowest BCUT2D eigenvalue weighted by Crippen LogP contribution is -2.12. The van der Waals surface area contributed by atoms with Gasteiger partial charge in [0.1, 0.15) is 17.1 Å². The first kappa shape index (κ1) is 13.1. The van der Waals surface area contributed by atoms with Crippen LogP contribution >= 0.6 is 0 Å². The fraction of sp³-hybridized carbons (Fsp3) is 0.0588. The number of aromatic nitrogens is 1. The summed E-state index contributed by atoms with van der Waals surface area (Å²) >= 11 is 0. The molecule has 104 valence electrons. The van der Waals surface area contributed by atoms with E-state index in [0.29, 0.717) is 17.1 Å². The van der Waals surface area contributed by atoms with Gasteiger partial charge in [0.25, 0.3) is 0 Å². The second kappa shape index (κ2) is 5.25. The summed E-state index contributed by atoms with van der Waals surface area (Å²) in [5, 5.41) is 8.63.